The number of fused-ring (bicyclic) bond motifs is 1. The van der Waals surface area contributed by atoms with Crippen molar-refractivity contribution in [1.29, 1.82) is 5.26 Å². The van der Waals surface area contributed by atoms with Crippen LogP contribution in [0.3, 0.4) is 0 Å². The number of benzene rings is 1. The lowest BCUT2D eigenvalue weighted by molar-refractivity contribution is 0.352. The maximum atomic E-state index is 11.5. The van der Waals surface area contributed by atoms with Gasteiger partial charge >= 0.3 is 18.7 Å². The highest BCUT2D eigenvalue weighted by Crippen LogP contribution is 2.42. The third-order valence-corrected chi connectivity index (χ3v) is 5.18. The number of nitriles is 1. The van der Waals surface area contributed by atoms with Crippen molar-refractivity contribution in [3.8, 4) is 6.07 Å². The zero-order valence-corrected chi connectivity index (χ0v) is 13.8. The van der Waals surface area contributed by atoms with Crippen LogP contribution in [-0.4, -0.2) is 32.0 Å². The molecule has 0 aliphatic rings. The Morgan fingerprint density at radius 2 is 1.96 bits per heavy atom. The number of rotatable bonds is 6. The second-order valence-corrected chi connectivity index (χ2v) is 7.27. The highest BCUT2D eigenvalue weighted by molar-refractivity contribution is 7.52. The molecule has 1 heterocycles. The molecule has 1 atom stereocenters. The third kappa shape index (κ3) is 3.99. The van der Waals surface area contributed by atoms with E-state index >= 15 is 0 Å². The van der Waals surface area contributed by atoms with Gasteiger partial charge in [-0.2, -0.15) is 5.26 Å². The Morgan fingerprint density at radius 1 is 1.29 bits per heavy atom. The quantitative estimate of drug-likeness (QED) is 0.365. The van der Waals surface area contributed by atoms with Gasteiger partial charge in [0.2, 0.25) is 0 Å². The fraction of sp³-hybridized carbons (Fsp3) is 0.357. The normalized spacial score (nSPS) is 12.9. The van der Waals surface area contributed by atoms with Crippen molar-refractivity contribution in [1.82, 2.24) is 15.3 Å². The predicted octanol–water partition coefficient (Wildman–Crippen LogP) is 0.134. The van der Waals surface area contributed by atoms with Gasteiger partial charge < -0.3 is 25.1 Å². The van der Waals surface area contributed by atoms with E-state index in [1.165, 1.54) is 6.07 Å². The van der Waals surface area contributed by atoms with Gasteiger partial charge in [-0.1, -0.05) is 6.92 Å². The lowest BCUT2D eigenvalue weighted by Gasteiger charge is -2.17. The number of nitrogens with zero attached hydrogens (tertiary/aromatic N) is 1. The molecule has 0 bridgehead atoms. The molecule has 10 heteroatoms. The molecule has 0 fully saturated rings. The highest BCUT2D eigenvalue weighted by atomic mass is 31.2. The first-order valence-corrected chi connectivity index (χ1v) is 8.89. The molecule has 1 aromatic heterocycles. The molecular weight excluding hydrogens is 335 g/mol. The summed E-state index contributed by atoms with van der Waals surface area (Å²) in [5, 5.41) is 12.0. The number of hydrogen-bond acceptors (Lipinski definition) is 5. The summed E-state index contributed by atoms with van der Waals surface area (Å²) in [6, 6.07) is 4.95. The SMILES string of the molecule is CCC(CNCc1cc(C#N)cc2[nH]c(=O)c(=O)[nH]c12)P(=O)(O)O. The smallest absolute Gasteiger partial charge is 0.324 e. The molecule has 0 aliphatic heterocycles. The summed E-state index contributed by atoms with van der Waals surface area (Å²) in [4.78, 5) is 46.3. The van der Waals surface area contributed by atoms with Crippen LogP contribution in [0, 0.1) is 11.3 Å². The maximum Gasteiger partial charge on any atom is 0.329 e. The Morgan fingerprint density at radius 3 is 2.54 bits per heavy atom. The second-order valence-electron chi connectivity index (χ2n) is 5.36. The van der Waals surface area contributed by atoms with E-state index in [2.05, 4.69) is 15.3 Å². The molecule has 2 rings (SSSR count). The zero-order valence-electron chi connectivity index (χ0n) is 12.9. The van der Waals surface area contributed by atoms with Gasteiger partial charge in [-0.15, -0.1) is 0 Å². The molecule has 1 aromatic carbocycles. The molecule has 0 spiro atoms. The zero-order chi connectivity index (χ0) is 17.9. The summed E-state index contributed by atoms with van der Waals surface area (Å²) < 4.78 is 11.3. The fourth-order valence-electron chi connectivity index (χ4n) is 2.38. The Balaban J connectivity index is 2.33. The van der Waals surface area contributed by atoms with Gasteiger partial charge in [0.1, 0.15) is 0 Å². The van der Waals surface area contributed by atoms with Gasteiger partial charge in [-0.25, -0.2) is 0 Å². The maximum absolute atomic E-state index is 11.5. The van der Waals surface area contributed by atoms with E-state index in [9.17, 15) is 23.9 Å². The molecule has 2 aromatic rings. The van der Waals surface area contributed by atoms with E-state index in [0.29, 0.717) is 28.6 Å². The van der Waals surface area contributed by atoms with Gasteiger partial charge in [0.05, 0.1) is 28.3 Å². The molecule has 1 unspecified atom stereocenters. The summed E-state index contributed by atoms with van der Waals surface area (Å²) in [6.07, 6.45) is 0.306. The summed E-state index contributed by atoms with van der Waals surface area (Å²) in [6.45, 7) is 1.93. The van der Waals surface area contributed by atoms with E-state index in [1.54, 1.807) is 13.0 Å². The average Bonchev–Trinajstić information content (AvgIpc) is 2.51. The van der Waals surface area contributed by atoms with Crippen molar-refractivity contribution in [3.05, 3.63) is 44.0 Å². The number of aromatic nitrogens is 2. The van der Waals surface area contributed by atoms with Gasteiger partial charge in [-0.3, -0.25) is 14.2 Å². The standard InChI is InChI=1S/C14H17N4O5P/c1-2-10(24(21,22)23)7-16-6-9-3-8(5-15)4-11-12(9)18-14(20)13(19)17-11/h3-4,10,16H,2,6-7H2,1H3,(H,17,19)(H,18,20)(H2,21,22,23). The lowest BCUT2D eigenvalue weighted by atomic mass is 10.1. The minimum Gasteiger partial charge on any atom is -0.324 e. The molecular formula is C14H17N4O5P. The van der Waals surface area contributed by atoms with E-state index < -0.39 is 24.4 Å². The van der Waals surface area contributed by atoms with Gasteiger partial charge in [0, 0.05) is 13.1 Å². The summed E-state index contributed by atoms with van der Waals surface area (Å²) in [7, 11) is -4.20. The van der Waals surface area contributed by atoms with Crippen molar-refractivity contribution in [2.45, 2.75) is 25.5 Å². The highest BCUT2D eigenvalue weighted by Gasteiger charge is 2.26. The minimum absolute atomic E-state index is 0.0760. The van der Waals surface area contributed by atoms with E-state index in [1.807, 2.05) is 6.07 Å². The van der Waals surface area contributed by atoms with Gasteiger partial charge in [-0.05, 0) is 24.1 Å². The monoisotopic (exact) mass is 352 g/mol. The minimum atomic E-state index is -4.20. The lowest BCUT2D eigenvalue weighted by Crippen LogP contribution is -2.30. The Hall–Kier alpha value is -2.24. The van der Waals surface area contributed by atoms with Crippen molar-refractivity contribution < 1.29 is 14.4 Å². The molecule has 0 aliphatic carbocycles. The van der Waals surface area contributed by atoms with Gasteiger partial charge in [0.15, 0.2) is 0 Å². The average molecular weight is 352 g/mol. The molecule has 5 N–H and O–H groups in total. The first-order valence-electron chi connectivity index (χ1n) is 7.21. The van der Waals surface area contributed by atoms with Crippen molar-refractivity contribution >= 4 is 18.6 Å². The molecule has 9 nitrogen and oxygen atoms in total. The molecule has 24 heavy (non-hydrogen) atoms. The molecule has 0 saturated heterocycles. The first kappa shape index (κ1) is 18.1. The summed E-state index contributed by atoms with van der Waals surface area (Å²) in [5.41, 5.74) is -0.921. The van der Waals surface area contributed by atoms with Crippen LogP contribution in [0.5, 0.6) is 0 Å². The largest absolute Gasteiger partial charge is 0.329 e. The van der Waals surface area contributed by atoms with Crippen molar-refractivity contribution in [2.75, 3.05) is 6.54 Å². The van der Waals surface area contributed by atoms with Crippen molar-refractivity contribution in [2.24, 2.45) is 0 Å². The van der Waals surface area contributed by atoms with E-state index in [4.69, 9.17) is 5.26 Å². The number of H-pyrrole nitrogens is 2. The molecule has 0 amide bonds. The van der Waals surface area contributed by atoms with Crippen LogP contribution in [-0.2, 0) is 11.1 Å². The van der Waals surface area contributed by atoms with Crippen LogP contribution < -0.4 is 16.4 Å². The summed E-state index contributed by atoms with van der Waals surface area (Å²) >= 11 is 0. The number of hydrogen-bond donors (Lipinski definition) is 5. The molecule has 0 saturated carbocycles. The van der Waals surface area contributed by atoms with E-state index in [0.717, 1.165) is 0 Å². The molecule has 128 valence electrons. The van der Waals surface area contributed by atoms with Crippen LogP contribution >= 0.6 is 7.60 Å². The molecule has 0 radical (unpaired) electrons. The topological polar surface area (TPSA) is 159 Å². The first-order chi connectivity index (χ1) is 11.3. The van der Waals surface area contributed by atoms with Gasteiger partial charge in [0.25, 0.3) is 0 Å². The number of nitrogens with one attached hydrogen (secondary N) is 3. The van der Waals surface area contributed by atoms with Crippen LogP contribution in [0.15, 0.2) is 21.7 Å². The van der Waals surface area contributed by atoms with Crippen LogP contribution in [0.25, 0.3) is 11.0 Å². The Labute approximate surface area is 136 Å². The number of aromatic amines is 2. The van der Waals surface area contributed by atoms with E-state index in [-0.39, 0.29) is 13.1 Å². The van der Waals surface area contributed by atoms with Crippen molar-refractivity contribution in [3.63, 3.8) is 0 Å². The fourth-order valence-corrected chi connectivity index (χ4v) is 3.22. The Bertz CT molecular complexity index is 952. The predicted molar refractivity (Wildman–Crippen MR) is 87.7 cm³/mol. The third-order valence-electron chi connectivity index (χ3n) is 3.68. The van der Waals surface area contributed by atoms with Crippen LogP contribution in [0.4, 0.5) is 0 Å². The van der Waals surface area contributed by atoms with Crippen LogP contribution in [0.2, 0.25) is 0 Å². The van der Waals surface area contributed by atoms with Crippen LogP contribution in [0.1, 0.15) is 24.5 Å². The Kier molecular flexibility index (Phi) is 5.36. The summed E-state index contributed by atoms with van der Waals surface area (Å²) in [5.74, 6) is 0. The second kappa shape index (κ2) is 7.11.